The van der Waals surface area contributed by atoms with E-state index in [0.717, 1.165) is 24.8 Å². The van der Waals surface area contributed by atoms with Gasteiger partial charge in [-0.25, -0.2) is 0 Å². The fraction of sp³-hybridized carbons (Fsp3) is 0.467. The molecule has 0 radical (unpaired) electrons. The van der Waals surface area contributed by atoms with Crippen molar-refractivity contribution in [2.45, 2.75) is 32.6 Å². The van der Waals surface area contributed by atoms with Crippen molar-refractivity contribution < 1.29 is 19.2 Å². The van der Waals surface area contributed by atoms with Crippen LogP contribution in [-0.4, -0.2) is 30.0 Å². The van der Waals surface area contributed by atoms with Crippen molar-refractivity contribution >= 4 is 23.3 Å². The highest BCUT2D eigenvalue weighted by Gasteiger charge is 2.25. The SMILES string of the molecule is CCOC(=O)CC(=O)N1CCCCc2ccc([N+](=O)[O-])cc21. The lowest BCUT2D eigenvalue weighted by Crippen LogP contribution is -2.33. The van der Waals surface area contributed by atoms with Gasteiger partial charge in [0.05, 0.1) is 17.2 Å². The third-order valence-electron chi connectivity index (χ3n) is 3.55. The highest BCUT2D eigenvalue weighted by molar-refractivity contribution is 6.04. The van der Waals surface area contributed by atoms with Gasteiger partial charge in [0, 0.05) is 18.7 Å². The Balaban J connectivity index is 2.29. The molecule has 2 rings (SSSR count). The van der Waals surface area contributed by atoms with Gasteiger partial charge in [0.25, 0.3) is 5.69 Å². The summed E-state index contributed by atoms with van der Waals surface area (Å²) in [6, 6.07) is 4.53. The molecule has 1 amide bonds. The molecule has 0 spiro atoms. The second-order valence-electron chi connectivity index (χ2n) is 5.05. The topological polar surface area (TPSA) is 89.8 Å². The first kappa shape index (κ1) is 15.9. The van der Waals surface area contributed by atoms with Crippen LogP contribution < -0.4 is 4.90 Å². The van der Waals surface area contributed by atoms with Crippen molar-refractivity contribution in [1.82, 2.24) is 0 Å². The van der Waals surface area contributed by atoms with Crippen LogP contribution in [0.5, 0.6) is 0 Å². The maximum Gasteiger partial charge on any atom is 0.315 e. The number of nitro benzene ring substituents is 1. The van der Waals surface area contributed by atoms with Crippen LogP contribution in [0.25, 0.3) is 0 Å². The molecule has 1 aromatic rings. The molecule has 0 fully saturated rings. The summed E-state index contributed by atoms with van der Waals surface area (Å²) in [5.41, 5.74) is 1.36. The average molecular weight is 306 g/mol. The number of aryl methyl sites for hydroxylation is 1. The summed E-state index contributed by atoms with van der Waals surface area (Å²) in [7, 11) is 0. The monoisotopic (exact) mass is 306 g/mol. The number of rotatable bonds is 4. The van der Waals surface area contributed by atoms with Gasteiger partial charge in [0.1, 0.15) is 6.42 Å². The number of nitro groups is 1. The van der Waals surface area contributed by atoms with Crippen LogP contribution in [-0.2, 0) is 20.7 Å². The Morgan fingerprint density at radius 3 is 2.82 bits per heavy atom. The maximum absolute atomic E-state index is 12.3. The number of benzene rings is 1. The Morgan fingerprint density at radius 2 is 2.14 bits per heavy atom. The van der Waals surface area contributed by atoms with Crippen molar-refractivity contribution in [2.75, 3.05) is 18.1 Å². The van der Waals surface area contributed by atoms with E-state index in [1.54, 1.807) is 13.0 Å². The van der Waals surface area contributed by atoms with Gasteiger partial charge in [0.15, 0.2) is 0 Å². The molecule has 7 heteroatoms. The van der Waals surface area contributed by atoms with E-state index in [0.29, 0.717) is 12.2 Å². The summed E-state index contributed by atoms with van der Waals surface area (Å²) in [6.07, 6.45) is 2.09. The second-order valence-corrected chi connectivity index (χ2v) is 5.05. The third-order valence-corrected chi connectivity index (χ3v) is 3.55. The molecule has 0 aliphatic carbocycles. The number of anilines is 1. The Labute approximate surface area is 128 Å². The summed E-state index contributed by atoms with van der Waals surface area (Å²) in [4.78, 5) is 35.7. The number of hydrogen-bond donors (Lipinski definition) is 0. The van der Waals surface area contributed by atoms with Crippen LogP contribution in [0.15, 0.2) is 18.2 Å². The standard InChI is InChI=1S/C15H18N2O5/c1-2-22-15(19)10-14(18)16-8-4-3-5-11-6-7-12(17(20)21)9-13(11)16/h6-7,9H,2-5,8,10H2,1H3. The zero-order chi connectivity index (χ0) is 16.1. The van der Waals surface area contributed by atoms with Crippen LogP contribution in [0, 0.1) is 10.1 Å². The largest absolute Gasteiger partial charge is 0.466 e. The van der Waals surface area contributed by atoms with Gasteiger partial charge in [-0.05, 0) is 31.7 Å². The Bertz CT molecular complexity index is 600. The lowest BCUT2D eigenvalue weighted by atomic mass is 10.1. The summed E-state index contributed by atoms with van der Waals surface area (Å²) < 4.78 is 4.79. The number of amides is 1. The molecule has 1 aliphatic rings. The molecule has 1 aliphatic heterocycles. The molecule has 0 saturated heterocycles. The maximum atomic E-state index is 12.3. The van der Waals surface area contributed by atoms with E-state index in [9.17, 15) is 19.7 Å². The van der Waals surface area contributed by atoms with E-state index in [4.69, 9.17) is 4.74 Å². The number of non-ortho nitro benzene ring substituents is 1. The van der Waals surface area contributed by atoms with Gasteiger partial charge in [-0.1, -0.05) is 6.07 Å². The van der Waals surface area contributed by atoms with E-state index in [2.05, 4.69) is 0 Å². The molecule has 0 N–H and O–H groups in total. The van der Waals surface area contributed by atoms with Crippen LogP contribution >= 0.6 is 0 Å². The molecule has 7 nitrogen and oxygen atoms in total. The van der Waals surface area contributed by atoms with Crippen molar-refractivity contribution in [3.05, 3.63) is 33.9 Å². The van der Waals surface area contributed by atoms with E-state index in [-0.39, 0.29) is 24.6 Å². The molecule has 22 heavy (non-hydrogen) atoms. The first-order chi connectivity index (χ1) is 10.5. The smallest absolute Gasteiger partial charge is 0.315 e. The molecular formula is C15H18N2O5. The average Bonchev–Trinajstić information content (AvgIpc) is 2.68. The highest BCUT2D eigenvalue weighted by Crippen LogP contribution is 2.30. The number of esters is 1. The Hall–Kier alpha value is -2.44. The van der Waals surface area contributed by atoms with Crippen molar-refractivity contribution in [3.63, 3.8) is 0 Å². The predicted octanol–water partition coefficient (Wildman–Crippen LogP) is 2.22. The lowest BCUT2D eigenvalue weighted by Gasteiger charge is -2.22. The number of fused-ring (bicyclic) bond motifs is 1. The number of carbonyl (C=O) groups is 2. The predicted molar refractivity (Wildman–Crippen MR) is 79.6 cm³/mol. The molecule has 0 saturated carbocycles. The zero-order valence-electron chi connectivity index (χ0n) is 12.4. The first-order valence-corrected chi connectivity index (χ1v) is 7.26. The number of ether oxygens (including phenoxy) is 1. The van der Waals surface area contributed by atoms with Crippen molar-refractivity contribution in [3.8, 4) is 0 Å². The van der Waals surface area contributed by atoms with Gasteiger partial charge in [-0.2, -0.15) is 0 Å². The van der Waals surface area contributed by atoms with E-state index >= 15 is 0 Å². The van der Waals surface area contributed by atoms with Crippen molar-refractivity contribution in [2.24, 2.45) is 0 Å². The van der Waals surface area contributed by atoms with Gasteiger partial charge in [0.2, 0.25) is 5.91 Å². The number of nitrogens with zero attached hydrogens (tertiary/aromatic N) is 2. The van der Waals surface area contributed by atoms with Gasteiger partial charge in [-0.3, -0.25) is 19.7 Å². The lowest BCUT2D eigenvalue weighted by molar-refractivity contribution is -0.384. The fourth-order valence-electron chi connectivity index (χ4n) is 2.52. The van der Waals surface area contributed by atoms with Gasteiger partial charge < -0.3 is 9.64 Å². The Kier molecular flexibility index (Phi) is 5.08. The zero-order valence-corrected chi connectivity index (χ0v) is 12.4. The molecule has 0 unspecified atom stereocenters. The molecule has 1 aromatic carbocycles. The third kappa shape index (κ3) is 3.60. The summed E-state index contributed by atoms with van der Waals surface area (Å²) in [5, 5.41) is 10.9. The summed E-state index contributed by atoms with van der Waals surface area (Å²) in [5.74, 6) is -0.967. The van der Waals surface area contributed by atoms with Crippen LogP contribution in [0.4, 0.5) is 11.4 Å². The molecule has 0 bridgehead atoms. The van der Waals surface area contributed by atoms with Crippen LogP contribution in [0.1, 0.15) is 31.7 Å². The Morgan fingerprint density at radius 1 is 1.36 bits per heavy atom. The molecule has 118 valence electrons. The molecule has 0 atom stereocenters. The van der Waals surface area contributed by atoms with E-state index in [1.807, 2.05) is 0 Å². The van der Waals surface area contributed by atoms with Crippen LogP contribution in [0.2, 0.25) is 0 Å². The van der Waals surface area contributed by atoms with Gasteiger partial charge in [-0.15, -0.1) is 0 Å². The second kappa shape index (κ2) is 7.02. The normalized spacial score (nSPS) is 14.0. The van der Waals surface area contributed by atoms with Gasteiger partial charge >= 0.3 is 5.97 Å². The first-order valence-electron chi connectivity index (χ1n) is 7.26. The molecule has 0 aromatic heterocycles. The van der Waals surface area contributed by atoms with Crippen LogP contribution in [0.3, 0.4) is 0 Å². The summed E-state index contributed by atoms with van der Waals surface area (Å²) >= 11 is 0. The highest BCUT2D eigenvalue weighted by atomic mass is 16.6. The van der Waals surface area contributed by atoms with E-state index < -0.39 is 10.9 Å². The fourth-order valence-corrected chi connectivity index (χ4v) is 2.52. The minimum atomic E-state index is -0.580. The quantitative estimate of drug-likeness (QED) is 0.368. The number of hydrogen-bond acceptors (Lipinski definition) is 5. The molecular weight excluding hydrogens is 288 g/mol. The summed E-state index contributed by atoms with van der Waals surface area (Å²) in [6.45, 7) is 2.34. The minimum Gasteiger partial charge on any atom is -0.466 e. The minimum absolute atomic E-state index is 0.0606. The van der Waals surface area contributed by atoms with E-state index in [1.165, 1.54) is 17.0 Å². The van der Waals surface area contributed by atoms with Crippen molar-refractivity contribution in [1.29, 1.82) is 0 Å². The molecule has 1 heterocycles. The number of carbonyl (C=O) groups excluding carboxylic acids is 2.